The van der Waals surface area contributed by atoms with Gasteiger partial charge in [0.15, 0.2) is 0 Å². The first-order chi connectivity index (χ1) is 7.31. The lowest BCUT2D eigenvalue weighted by Crippen LogP contribution is -2.28. The van der Waals surface area contributed by atoms with Gasteiger partial charge in [-0.25, -0.2) is 4.98 Å². The number of aryl methyl sites for hydroxylation is 1. The van der Waals surface area contributed by atoms with Crippen molar-refractivity contribution in [1.29, 1.82) is 0 Å². The molecular formula is C12H23N3. The molecule has 0 spiro atoms. The van der Waals surface area contributed by atoms with Gasteiger partial charge in [0.2, 0.25) is 0 Å². The second-order valence-electron chi connectivity index (χ2n) is 3.93. The maximum atomic E-state index is 4.38. The lowest BCUT2D eigenvalue weighted by atomic mass is 10.2. The van der Waals surface area contributed by atoms with Gasteiger partial charge in [-0.05, 0) is 19.3 Å². The molecule has 0 saturated carbocycles. The third kappa shape index (κ3) is 3.67. The minimum absolute atomic E-state index is 0.622. The molecule has 0 atom stereocenters. The quantitative estimate of drug-likeness (QED) is 0.748. The molecule has 1 aromatic heterocycles. The summed E-state index contributed by atoms with van der Waals surface area (Å²) in [4.78, 5) is 4.38. The summed E-state index contributed by atoms with van der Waals surface area (Å²) >= 11 is 0. The molecule has 0 aliphatic rings. The molecule has 15 heavy (non-hydrogen) atoms. The van der Waals surface area contributed by atoms with Crippen molar-refractivity contribution < 1.29 is 0 Å². The topological polar surface area (TPSA) is 29.9 Å². The van der Waals surface area contributed by atoms with Crippen molar-refractivity contribution in [1.82, 2.24) is 14.9 Å². The highest BCUT2D eigenvalue weighted by Crippen LogP contribution is 2.02. The van der Waals surface area contributed by atoms with Crippen LogP contribution in [0, 0.1) is 0 Å². The van der Waals surface area contributed by atoms with E-state index < -0.39 is 0 Å². The molecule has 0 aliphatic carbocycles. The van der Waals surface area contributed by atoms with Crippen LogP contribution in [0.2, 0.25) is 0 Å². The summed E-state index contributed by atoms with van der Waals surface area (Å²) in [5.41, 5.74) is 0. The van der Waals surface area contributed by atoms with Crippen molar-refractivity contribution >= 4 is 0 Å². The predicted octanol–water partition coefficient (Wildman–Crippen LogP) is 2.57. The molecule has 3 nitrogen and oxygen atoms in total. The van der Waals surface area contributed by atoms with E-state index in [1.165, 1.54) is 12.8 Å². The van der Waals surface area contributed by atoms with E-state index >= 15 is 0 Å². The van der Waals surface area contributed by atoms with Crippen molar-refractivity contribution in [3.8, 4) is 0 Å². The van der Waals surface area contributed by atoms with Gasteiger partial charge in [0.1, 0.15) is 5.82 Å². The largest absolute Gasteiger partial charge is 0.334 e. The zero-order chi connectivity index (χ0) is 11.1. The second kappa shape index (κ2) is 6.62. The van der Waals surface area contributed by atoms with Gasteiger partial charge in [0.05, 0.1) is 6.54 Å². The summed E-state index contributed by atoms with van der Waals surface area (Å²) in [6.07, 6.45) is 7.48. The van der Waals surface area contributed by atoms with Crippen LogP contribution in [0.5, 0.6) is 0 Å². The fourth-order valence-electron chi connectivity index (χ4n) is 1.76. The Morgan fingerprint density at radius 3 is 2.67 bits per heavy atom. The number of hydrogen-bond acceptors (Lipinski definition) is 2. The molecule has 0 aliphatic heterocycles. The molecule has 1 heterocycles. The summed E-state index contributed by atoms with van der Waals surface area (Å²) in [6.45, 7) is 8.59. The molecule has 3 heteroatoms. The SMILES string of the molecule is CCCn1ccnc1CNC(CC)CC. The molecule has 86 valence electrons. The van der Waals surface area contributed by atoms with Gasteiger partial charge in [0.25, 0.3) is 0 Å². The minimum Gasteiger partial charge on any atom is -0.334 e. The summed E-state index contributed by atoms with van der Waals surface area (Å²) in [5.74, 6) is 1.16. The highest BCUT2D eigenvalue weighted by molar-refractivity contribution is 4.92. The van der Waals surface area contributed by atoms with Crippen LogP contribution >= 0.6 is 0 Å². The zero-order valence-electron chi connectivity index (χ0n) is 10.2. The van der Waals surface area contributed by atoms with E-state index in [0.29, 0.717) is 6.04 Å². The molecule has 0 fully saturated rings. The fraction of sp³-hybridized carbons (Fsp3) is 0.750. The average Bonchev–Trinajstić information content (AvgIpc) is 2.68. The lowest BCUT2D eigenvalue weighted by molar-refractivity contribution is 0.466. The van der Waals surface area contributed by atoms with Crippen LogP contribution < -0.4 is 5.32 Å². The van der Waals surface area contributed by atoms with Crippen LogP contribution in [0.25, 0.3) is 0 Å². The van der Waals surface area contributed by atoms with Crippen LogP contribution in [-0.2, 0) is 13.1 Å². The molecule has 0 bridgehead atoms. The molecule has 0 radical (unpaired) electrons. The molecule has 1 N–H and O–H groups in total. The third-order valence-corrected chi connectivity index (χ3v) is 2.80. The van der Waals surface area contributed by atoms with Gasteiger partial charge in [-0.1, -0.05) is 20.8 Å². The summed E-state index contributed by atoms with van der Waals surface area (Å²) < 4.78 is 2.23. The number of rotatable bonds is 7. The Hall–Kier alpha value is -0.830. The fourth-order valence-corrected chi connectivity index (χ4v) is 1.76. The molecule has 1 aromatic rings. The monoisotopic (exact) mass is 209 g/mol. The first-order valence-corrected chi connectivity index (χ1v) is 6.05. The molecule has 0 unspecified atom stereocenters. The van der Waals surface area contributed by atoms with E-state index in [4.69, 9.17) is 0 Å². The van der Waals surface area contributed by atoms with Crippen molar-refractivity contribution in [2.24, 2.45) is 0 Å². The van der Waals surface area contributed by atoms with Gasteiger partial charge in [-0.3, -0.25) is 0 Å². The van der Waals surface area contributed by atoms with Gasteiger partial charge >= 0.3 is 0 Å². The van der Waals surface area contributed by atoms with Crippen molar-refractivity contribution in [3.05, 3.63) is 18.2 Å². The van der Waals surface area contributed by atoms with Gasteiger partial charge < -0.3 is 9.88 Å². The highest BCUT2D eigenvalue weighted by Gasteiger charge is 2.05. The number of aromatic nitrogens is 2. The van der Waals surface area contributed by atoms with Crippen LogP contribution in [0.15, 0.2) is 12.4 Å². The zero-order valence-corrected chi connectivity index (χ0v) is 10.2. The van der Waals surface area contributed by atoms with E-state index in [-0.39, 0.29) is 0 Å². The van der Waals surface area contributed by atoms with E-state index in [1.54, 1.807) is 0 Å². The Labute approximate surface area is 92.9 Å². The van der Waals surface area contributed by atoms with Crippen LogP contribution in [0.4, 0.5) is 0 Å². The number of imidazole rings is 1. The summed E-state index contributed by atoms with van der Waals surface area (Å²) in [6, 6.07) is 0.622. The van der Waals surface area contributed by atoms with E-state index in [0.717, 1.165) is 25.3 Å². The third-order valence-electron chi connectivity index (χ3n) is 2.80. The highest BCUT2D eigenvalue weighted by atomic mass is 15.1. The molecule has 0 amide bonds. The Kier molecular flexibility index (Phi) is 5.40. The Balaban J connectivity index is 2.45. The van der Waals surface area contributed by atoms with Crippen LogP contribution in [0.1, 0.15) is 45.9 Å². The van der Waals surface area contributed by atoms with E-state index in [2.05, 4.69) is 41.8 Å². The second-order valence-corrected chi connectivity index (χ2v) is 3.93. The number of nitrogens with one attached hydrogen (secondary N) is 1. The van der Waals surface area contributed by atoms with Crippen molar-refractivity contribution in [2.45, 2.75) is 59.2 Å². The first kappa shape index (κ1) is 12.2. The summed E-state index contributed by atoms with van der Waals surface area (Å²) in [7, 11) is 0. The predicted molar refractivity (Wildman–Crippen MR) is 63.7 cm³/mol. The van der Waals surface area contributed by atoms with Gasteiger partial charge in [-0.2, -0.15) is 0 Å². The molecule has 0 aromatic carbocycles. The Morgan fingerprint density at radius 2 is 2.07 bits per heavy atom. The lowest BCUT2D eigenvalue weighted by Gasteiger charge is -2.14. The van der Waals surface area contributed by atoms with Crippen LogP contribution in [-0.4, -0.2) is 15.6 Å². The Bertz CT molecular complexity index is 264. The number of hydrogen-bond donors (Lipinski definition) is 1. The smallest absolute Gasteiger partial charge is 0.122 e. The van der Waals surface area contributed by atoms with Crippen LogP contribution in [0.3, 0.4) is 0 Å². The van der Waals surface area contributed by atoms with Crippen molar-refractivity contribution in [2.75, 3.05) is 0 Å². The standard InChI is InChI=1S/C12H23N3/c1-4-8-15-9-7-13-12(15)10-14-11(5-2)6-3/h7,9,11,14H,4-6,8,10H2,1-3H3. The summed E-state index contributed by atoms with van der Waals surface area (Å²) in [5, 5.41) is 3.54. The van der Waals surface area contributed by atoms with Gasteiger partial charge in [0, 0.05) is 25.0 Å². The van der Waals surface area contributed by atoms with Gasteiger partial charge in [-0.15, -0.1) is 0 Å². The molecule has 0 saturated heterocycles. The van der Waals surface area contributed by atoms with E-state index in [1.807, 2.05) is 6.20 Å². The maximum Gasteiger partial charge on any atom is 0.122 e. The average molecular weight is 209 g/mol. The normalized spacial score (nSPS) is 11.2. The first-order valence-electron chi connectivity index (χ1n) is 6.05. The number of nitrogens with zero attached hydrogens (tertiary/aromatic N) is 2. The van der Waals surface area contributed by atoms with E-state index in [9.17, 15) is 0 Å². The molecular weight excluding hydrogens is 186 g/mol. The molecule has 1 rings (SSSR count). The maximum absolute atomic E-state index is 4.38. The minimum atomic E-state index is 0.622. The Morgan fingerprint density at radius 1 is 1.33 bits per heavy atom. The van der Waals surface area contributed by atoms with Crippen molar-refractivity contribution in [3.63, 3.8) is 0 Å².